The van der Waals surface area contributed by atoms with Gasteiger partial charge in [-0.15, -0.1) is 0 Å². The van der Waals surface area contributed by atoms with Gasteiger partial charge in [0.15, 0.2) is 5.58 Å². The Morgan fingerprint density at radius 3 is 2.75 bits per heavy atom. The number of fused-ring (bicyclic) bond motifs is 1. The van der Waals surface area contributed by atoms with Gasteiger partial charge in [-0.05, 0) is 78.7 Å². The number of nitrogen functional groups attached to an aromatic ring is 1. The van der Waals surface area contributed by atoms with Crippen LogP contribution in [-0.2, 0) is 0 Å². The summed E-state index contributed by atoms with van der Waals surface area (Å²) in [5.41, 5.74) is 8.60. The van der Waals surface area contributed by atoms with Gasteiger partial charge in [-0.3, -0.25) is 0 Å². The quantitative estimate of drug-likeness (QED) is 0.318. The van der Waals surface area contributed by atoms with Crippen LogP contribution in [0.5, 0.6) is 0 Å². The van der Waals surface area contributed by atoms with Crippen LogP contribution < -0.4 is 5.73 Å². The molecule has 102 valence electrons. The number of anilines is 1. The topological polar surface area (TPSA) is 52.0 Å². The molecule has 0 radical (unpaired) electrons. The molecule has 0 unspecified atom stereocenters. The smallest absolute Gasteiger partial charge is 0.228 e. The van der Waals surface area contributed by atoms with Crippen LogP contribution in [0.4, 0.5) is 5.69 Å². The summed E-state index contributed by atoms with van der Waals surface area (Å²) in [6, 6.07) is 7.51. The molecule has 2 aromatic carbocycles. The van der Waals surface area contributed by atoms with E-state index in [0.29, 0.717) is 32.2 Å². The fourth-order valence-corrected chi connectivity index (χ4v) is 3.66. The van der Waals surface area contributed by atoms with E-state index in [1.165, 1.54) is 0 Å². The first-order chi connectivity index (χ1) is 9.47. The Morgan fingerprint density at radius 1 is 1.25 bits per heavy atom. The van der Waals surface area contributed by atoms with Crippen LogP contribution in [0, 0.1) is 3.57 Å². The molecule has 0 atom stereocenters. The van der Waals surface area contributed by atoms with E-state index in [-0.39, 0.29) is 0 Å². The Balaban J connectivity index is 2.28. The molecule has 0 saturated heterocycles. The lowest BCUT2D eigenvalue weighted by Gasteiger charge is -2.00. The summed E-state index contributed by atoms with van der Waals surface area (Å²) >= 11 is 15.3. The fraction of sp³-hybridized carbons (Fsp3) is 0. The molecule has 3 nitrogen and oxygen atoms in total. The Kier molecular flexibility index (Phi) is 4.00. The van der Waals surface area contributed by atoms with E-state index in [4.69, 9.17) is 21.8 Å². The second kappa shape index (κ2) is 5.47. The van der Waals surface area contributed by atoms with Crippen molar-refractivity contribution in [1.82, 2.24) is 4.98 Å². The van der Waals surface area contributed by atoms with Gasteiger partial charge in [-0.1, -0.05) is 11.6 Å². The van der Waals surface area contributed by atoms with Crippen LogP contribution in [0.1, 0.15) is 0 Å². The third-order valence-corrected chi connectivity index (χ3v) is 5.21. The van der Waals surface area contributed by atoms with E-state index in [2.05, 4.69) is 59.4 Å². The average molecular weight is 528 g/mol. The first-order valence-corrected chi connectivity index (χ1v) is 8.51. The molecule has 0 aliphatic carbocycles. The number of halogens is 4. The number of nitrogens with two attached hydrogens (primary N) is 1. The highest BCUT2D eigenvalue weighted by atomic mass is 127. The van der Waals surface area contributed by atoms with Crippen LogP contribution >= 0.6 is 66.1 Å². The molecular weight excluding hydrogens is 522 g/mol. The molecule has 0 spiro atoms. The first-order valence-electron chi connectivity index (χ1n) is 5.47. The Bertz CT molecular complexity index is 835. The second-order valence-corrected chi connectivity index (χ2v) is 7.38. The summed E-state index contributed by atoms with van der Waals surface area (Å²) in [5.74, 6) is 0.474. The molecule has 2 N–H and O–H groups in total. The zero-order chi connectivity index (χ0) is 14.4. The molecule has 7 heteroatoms. The maximum atomic E-state index is 6.21. The van der Waals surface area contributed by atoms with Crippen molar-refractivity contribution in [2.45, 2.75) is 0 Å². The predicted molar refractivity (Wildman–Crippen MR) is 97.0 cm³/mol. The normalized spacial score (nSPS) is 11.2. The zero-order valence-corrected chi connectivity index (χ0v) is 15.8. The van der Waals surface area contributed by atoms with Gasteiger partial charge in [0.25, 0.3) is 0 Å². The van der Waals surface area contributed by atoms with Gasteiger partial charge in [0, 0.05) is 8.04 Å². The number of hydrogen-bond donors (Lipinski definition) is 1. The van der Waals surface area contributed by atoms with Gasteiger partial charge in [-0.25, -0.2) is 4.98 Å². The number of nitrogens with zero attached hydrogens (tertiary/aromatic N) is 1. The number of aromatic nitrogens is 1. The highest BCUT2D eigenvalue weighted by molar-refractivity contribution is 14.1. The summed E-state index contributed by atoms with van der Waals surface area (Å²) in [6.07, 6.45) is 0. The van der Waals surface area contributed by atoms with Crippen molar-refractivity contribution in [2.24, 2.45) is 0 Å². The maximum absolute atomic E-state index is 6.21. The minimum atomic E-state index is 0.474. The number of oxazole rings is 1. The highest BCUT2D eigenvalue weighted by Gasteiger charge is 2.17. The van der Waals surface area contributed by atoms with Crippen LogP contribution in [-0.4, -0.2) is 4.98 Å². The molecule has 0 amide bonds. The predicted octanol–water partition coefficient (Wildman–Crippen LogP) is 5.86. The molecule has 1 aromatic heterocycles. The third-order valence-electron chi connectivity index (χ3n) is 2.77. The van der Waals surface area contributed by atoms with Crippen LogP contribution in [0.3, 0.4) is 0 Å². The van der Waals surface area contributed by atoms with Crippen molar-refractivity contribution in [2.75, 3.05) is 5.73 Å². The monoisotopic (exact) mass is 526 g/mol. The summed E-state index contributed by atoms with van der Waals surface area (Å²) in [7, 11) is 0. The summed E-state index contributed by atoms with van der Waals surface area (Å²) in [4.78, 5) is 4.48. The summed E-state index contributed by atoms with van der Waals surface area (Å²) in [6.45, 7) is 0. The van der Waals surface area contributed by atoms with Gasteiger partial charge in [-0.2, -0.15) is 0 Å². The van der Waals surface area contributed by atoms with Crippen molar-refractivity contribution >= 4 is 82.8 Å². The minimum absolute atomic E-state index is 0.474. The van der Waals surface area contributed by atoms with E-state index in [9.17, 15) is 0 Å². The van der Waals surface area contributed by atoms with Gasteiger partial charge >= 0.3 is 0 Å². The largest absolute Gasteiger partial charge is 0.435 e. The van der Waals surface area contributed by atoms with Gasteiger partial charge in [0.05, 0.1) is 20.7 Å². The molecule has 1 heterocycles. The van der Waals surface area contributed by atoms with Crippen molar-refractivity contribution in [3.05, 3.63) is 41.8 Å². The van der Waals surface area contributed by atoms with E-state index >= 15 is 0 Å². The lowest BCUT2D eigenvalue weighted by Crippen LogP contribution is -1.88. The Hall–Kier alpha value is -0.310. The molecule has 0 aliphatic rings. The zero-order valence-electron chi connectivity index (χ0n) is 9.75. The highest BCUT2D eigenvalue weighted by Crippen LogP contribution is 2.39. The number of rotatable bonds is 1. The SMILES string of the molecule is Nc1c(Br)cc2nc(-c3cc(I)ccc3Cl)oc2c1Br. The fourth-order valence-electron chi connectivity index (χ4n) is 1.79. The molecule has 0 fully saturated rings. The molecule has 3 rings (SSSR count). The van der Waals surface area contributed by atoms with Gasteiger partial charge < -0.3 is 10.2 Å². The van der Waals surface area contributed by atoms with Crippen LogP contribution in [0.25, 0.3) is 22.6 Å². The summed E-state index contributed by atoms with van der Waals surface area (Å²) in [5, 5.41) is 0.597. The number of hydrogen-bond acceptors (Lipinski definition) is 3. The maximum Gasteiger partial charge on any atom is 0.228 e. The van der Waals surface area contributed by atoms with Gasteiger partial charge in [0.1, 0.15) is 5.52 Å². The van der Waals surface area contributed by atoms with E-state index < -0.39 is 0 Å². The average Bonchev–Trinajstić information content (AvgIpc) is 2.83. The molecular formula is C13H6Br2ClIN2O. The standard InChI is InChI=1S/C13H6Br2ClIN2O/c14-7-4-9-12(10(15)11(7)18)20-13(19-9)6-3-5(17)1-2-8(6)16/h1-4H,18H2. The van der Waals surface area contributed by atoms with Crippen LogP contribution in [0.15, 0.2) is 37.6 Å². The molecule has 3 aromatic rings. The minimum Gasteiger partial charge on any atom is -0.435 e. The Morgan fingerprint density at radius 2 is 2.00 bits per heavy atom. The van der Waals surface area contributed by atoms with Crippen LogP contribution in [0.2, 0.25) is 5.02 Å². The van der Waals surface area contributed by atoms with Crippen molar-refractivity contribution < 1.29 is 4.42 Å². The molecule has 0 aliphatic heterocycles. The summed E-state index contributed by atoms with van der Waals surface area (Å²) < 4.78 is 8.32. The van der Waals surface area contributed by atoms with Crippen molar-refractivity contribution in [3.8, 4) is 11.5 Å². The van der Waals surface area contributed by atoms with Gasteiger partial charge in [0.2, 0.25) is 5.89 Å². The van der Waals surface area contributed by atoms with E-state index in [0.717, 1.165) is 13.6 Å². The lowest BCUT2D eigenvalue weighted by molar-refractivity contribution is 0.618. The first kappa shape index (κ1) is 14.6. The molecule has 0 saturated carbocycles. The molecule has 0 bridgehead atoms. The van der Waals surface area contributed by atoms with Crippen molar-refractivity contribution in [1.29, 1.82) is 0 Å². The molecule has 20 heavy (non-hydrogen) atoms. The third kappa shape index (κ3) is 2.47. The Labute approximate surface area is 150 Å². The van der Waals surface area contributed by atoms with E-state index in [1.807, 2.05) is 24.3 Å². The van der Waals surface area contributed by atoms with E-state index in [1.54, 1.807) is 0 Å². The van der Waals surface area contributed by atoms with Crippen molar-refractivity contribution in [3.63, 3.8) is 0 Å². The second-order valence-electron chi connectivity index (χ2n) is 4.08. The lowest BCUT2D eigenvalue weighted by atomic mass is 10.2. The number of benzene rings is 2.